The molecule has 0 bridgehead atoms. The average Bonchev–Trinajstić information content (AvgIpc) is 2.60. The van der Waals surface area contributed by atoms with E-state index in [0.29, 0.717) is 22.5 Å². The summed E-state index contributed by atoms with van der Waals surface area (Å²) in [7, 11) is 1.52. The molecule has 8 nitrogen and oxygen atoms in total. The number of H-pyrrole nitrogens is 1. The number of methoxy groups -OCH3 is 1. The molecular weight excluding hydrogens is 310 g/mol. The second kappa shape index (κ2) is 6.37. The SMILES string of the molecule is COc1cc(CNC(=O)c2nc3ccc(N)cc3c(=O)[nH]2)ccn1. The van der Waals surface area contributed by atoms with Crippen molar-refractivity contribution in [2.75, 3.05) is 12.8 Å². The summed E-state index contributed by atoms with van der Waals surface area (Å²) < 4.78 is 5.03. The van der Waals surface area contributed by atoms with Crippen molar-refractivity contribution < 1.29 is 9.53 Å². The Hall–Kier alpha value is -3.42. The van der Waals surface area contributed by atoms with Crippen molar-refractivity contribution in [3.8, 4) is 5.88 Å². The predicted octanol–water partition coefficient (Wildman–Crippen LogP) is 0.839. The van der Waals surface area contributed by atoms with Gasteiger partial charge < -0.3 is 20.8 Å². The Morgan fingerprint density at radius 3 is 2.96 bits per heavy atom. The molecule has 1 aromatic carbocycles. The molecule has 3 aromatic rings. The third-order valence-corrected chi connectivity index (χ3v) is 3.41. The van der Waals surface area contributed by atoms with Crippen molar-refractivity contribution in [2.45, 2.75) is 6.54 Å². The topological polar surface area (TPSA) is 123 Å². The minimum Gasteiger partial charge on any atom is -0.481 e. The molecule has 2 aromatic heterocycles. The van der Waals surface area contributed by atoms with E-state index in [0.717, 1.165) is 5.56 Å². The van der Waals surface area contributed by atoms with Gasteiger partial charge in [-0.05, 0) is 29.8 Å². The molecule has 3 rings (SSSR count). The van der Waals surface area contributed by atoms with E-state index in [4.69, 9.17) is 10.5 Å². The number of hydrogen-bond acceptors (Lipinski definition) is 6. The highest BCUT2D eigenvalue weighted by atomic mass is 16.5. The molecule has 0 saturated carbocycles. The third kappa shape index (κ3) is 3.17. The number of anilines is 1. The minimum atomic E-state index is -0.485. The molecule has 24 heavy (non-hydrogen) atoms. The maximum Gasteiger partial charge on any atom is 0.287 e. The summed E-state index contributed by atoms with van der Waals surface area (Å²) in [6, 6.07) is 8.21. The largest absolute Gasteiger partial charge is 0.481 e. The highest BCUT2D eigenvalue weighted by Crippen LogP contribution is 2.12. The van der Waals surface area contributed by atoms with Crippen LogP contribution in [0.1, 0.15) is 16.2 Å². The van der Waals surface area contributed by atoms with Gasteiger partial charge >= 0.3 is 0 Å². The number of hydrogen-bond donors (Lipinski definition) is 3. The van der Waals surface area contributed by atoms with Gasteiger partial charge in [0.1, 0.15) is 0 Å². The van der Waals surface area contributed by atoms with E-state index in [-0.39, 0.29) is 12.4 Å². The lowest BCUT2D eigenvalue weighted by Crippen LogP contribution is -2.27. The summed E-state index contributed by atoms with van der Waals surface area (Å²) in [6.07, 6.45) is 1.58. The molecule has 0 spiro atoms. The number of nitrogen functional groups attached to an aromatic ring is 1. The van der Waals surface area contributed by atoms with Gasteiger partial charge in [-0.2, -0.15) is 0 Å². The molecular formula is C16H15N5O3. The van der Waals surface area contributed by atoms with E-state index in [1.807, 2.05) is 0 Å². The van der Waals surface area contributed by atoms with E-state index >= 15 is 0 Å². The number of nitrogens with two attached hydrogens (primary N) is 1. The van der Waals surface area contributed by atoms with Crippen molar-refractivity contribution in [1.82, 2.24) is 20.3 Å². The number of aromatic nitrogens is 3. The molecule has 0 atom stereocenters. The first-order valence-electron chi connectivity index (χ1n) is 7.13. The third-order valence-electron chi connectivity index (χ3n) is 3.41. The molecule has 0 fully saturated rings. The zero-order valence-corrected chi connectivity index (χ0v) is 12.9. The Kier molecular flexibility index (Phi) is 4.11. The lowest BCUT2D eigenvalue weighted by molar-refractivity contribution is 0.0940. The Bertz CT molecular complexity index is 967. The van der Waals surface area contributed by atoms with E-state index in [2.05, 4.69) is 20.3 Å². The Labute approximate surface area is 136 Å². The predicted molar refractivity (Wildman–Crippen MR) is 88.7 cm³/mol. The molecule has 0 aliphatic carbocycles. The lowest BCUT2D eigenvalue weighted by atomic mass is 10.2. The maximum absolute atomic E-state index is 12.2. The van der Waals surface area contributed by atoms with Crippen molar-refractivity contribution in [3.05, 3.63) is 58.3 Å². The summed E-state index contributed by atoms with van der Waals surface area (Å²) in [4.78, 5) is 34.9. The number of carbonyl (C=O) groups is 1. The number of rotatable bonds is 4. The number of benzene rings is 1. The zero-order valence-electron chi connectivity index (χ0n) is 12.9. The zero-order chi connectivity index (χ0) is 17.1. The van der Waals surface area contributed by atoms with Crippen molar-refractivity contribution in [2.24, 2.45) is 0 Å². The number of ether oxygens (including phenoxy) is 1. The molecule has 0 saturated heterocycles. The van der Waals surface area contributed by atoms with Crippen LogP contribution in [0.2, 0.25) is 0 Å². The van der Waals surface area contributed by atoms with E-state index < -0.39 is 11.5 Å². The van der Waals surface area contributed by atoms with Gasteiger partial charge in [0.2, 0.25) is 5.88 Å². The van der Waals surface area contributed by atoms with Crippen LogP contribution < -0.4 is 21.3 Å². The molecule has 0 aliphatic heterocycles. The molecule has 0 unspecified atom stereocenters. The van der Waals surface area contributed by atoms with Crippen molar-refractivity contribution in [1.29, 1.82) is 0 Å². The molecule has 0 radical (unpaired) electrons. The van der Waals surface area contributed by atoms with Crippen LogP contribution in [0.4, 0.5) is 5.69 Å². The van der Waals surface area contributed by atoms with E-state index in [1.54, 1.807) is 30.5 Å². The van der Waals surface area contributed by atoms with Crippen LogP contribution >= 0.6 is 0 Å². The van der Waals surface area contributed by atoms with E-state index in [9.17, 15) is 9.59 Å². The molecule has 122 valence electrons. The Balaban J connectivity index is 1.81. The van der Waals surface area contributed by atoms with Crippen molar-refractivity contribution in [3.63, 3.8) is 0 Å². The molecule has 8 heteroatoms. The fraction of sp³-hybridized carbons (Fsp3) is 0.125. The fourth-order valence-corrected chi connectivity index (χ4v) is 2.20. The van der Waals surface area contributed by atoms with Crippen LogP contribution in [-0.4, -0.2) is 28.0 Å². The van der Waals surface area contributed by atoms with Gasteiger partial charge in [-0.25, -0.2) is 9.97 Å². The Morgan fingerprint density at radius 2 is 2.17 bits per heavy atom. The first-order valence-corrected chi connectivity index (χ1v) is 7.13. The van der Waals surface area contributed by atoms with Crippen LogP contribution in [0.25, 0.3) is 10.9 Å². The molecule has 4 N–H and O–H groups in total. The number of carbonyl (C=O) groups excluding carboxylic acids is 1. The molecule has 0 aliphatic rings. The minimum absolute atomic E-state index is 0.0571. The van der Waals surface area contributed by atoms with Crippen LogP contribution in [0.3, 0.4) is 0 Å². The fourth-order valence-electron chi connectivity index (χ4n) is 2.20. The van der Waals surface area contributed by atoms with Crippen molar-refractivity contribution >= 4 is 22.5 Å². The number of aromatic amines is 1. The van der Waals surface area contributed by atoms with Gasteiger partial charge in [0.05, 0.1) is 18.0 Å². The van der Waals surface area contributed by atoms with Gasteiger partial charge in [0.25, 0.3) is 11.5 Å². The first kappa shape index (κ1) is 15.5. The van der Waals surface area contributed by atoms with Gasteiger partial charge in [0, 0.05) is 24.5 Å². The standard InChI is InChI=1S/C16H15N5O3/c1-24-13-6-9(4-5-18-13)8-19-16(23)14-20-12-3-2-10(17)7-11(12)15(22)21-14/h2-7H,8,17H2,1H3,(H,19,23)(H,20,21,22). The Morgan fingerprint density at radius 1 is 1.33 bits per heavy atom. The summed E-state index contributed by atoms with van der Waals surface area (Å²) in [6.45, 7) is 0.251. The summed E-state index contributed by atoms with van der Waals surface area (Å²) in [5.41, 5.74) is 6.91. The van der Waals surface area contributed by atoms with Gasteiger partial charge in [-0.1, -0.05) is 0 Å². The van der Waals surface area contributed by atoms with Crippen LogP contribution in [0.15, 0.2) is 41.3 Å². The average molecular weight is 325 g/mol. The van der Waals surface area contributed by atoms with Gasteiger partial charge in [0.15, 0.2) is 5.82 Å². The quantitative estimate of drug-likeness (QED) is 0.611. The van der Waals surface area contributed by atoms with Crippen LogP contribution in [-0.2, 0) is 6.54 Å². The number of nitrogens with zero attached hydrogens (tertiary/aromatic N) is 2. The highest BCUT2D eigenvalue weighted by Gasteiger charge is 2.11. The molecule has 1 amide bonds. The summed E-state index contributed by atoms with van der Waals surface area (Å²) in [5.74, 6) is -0.0866. The monoisotopic (exact) mass is 325 g/mol. The smallest absolute Gasteiger partial charge is 0.287 e. The van der Waals surface area contributed by atoms with E-state index in [1.165, 1.54) is 13.2 Å². The number of nitrogens with one attached hydrogen (secondary N) is 2. The second-order valence-corrected chi connectivity index (χ2v) is 5.08. The maximum atomic E-state index is 12.2. The number of amides is 1. The molecule has 2 heterocycles. The normalized spacial score (nSPS) is 10.5. The second-order valence-electron chi connectivity index (χ2n) is 5.08. The summed E-state index contributed by atoms with van der Waals surface area (Å²) >= 11 is 0. The van der Waals surface area contributed by atoms with Crippen LogP contribution in [0.5, 0.6) is 5.88 Å². The number of fused-ring (bicyclic) bond motifs is 1. The van der Waals surface area contributed by atoms with Gasteiger partial charge in [-0.15, -0.1) is 0 Å². The number of pyridine rings is 1. The van der Waals surface area contributed by atoms with Crippen LogP contribution in [0, 0.1) is 0 Å². The lowest BCUT2D eigenvalue weighted by Gasteiger charge is -2.07. The van der Waals surface area contributed by atoms with Gasteiger partial charge in [-0.3, -0.25) is 9.59 Å². The highest BCUT2D eigenvalue weighted by molar-refractivity contribution is 5.92. The first-order chi connectivity index (χ1) is 11.6. The summed E-state index contributed by atoms with van der Waals surface area (Å²) in [5, 5.41) is 3.03.